The molecular formula is C33H32N14O4. The second-order valence-electron chi connectivity index (χ2n) is 10.5. The zero-order chi connectivity index (χ0) is 36.0. The van der Waals surface area contributed by atoms with Gasteiger partial charge in [-0.25, -0.2) is 19.3 Å². The molecule has 6 aromatic rings. The number of carbonyl (C=O) groups excluding carboxylic acids is 2. The number of aromatic nitrogens is 10. The Bertz CT molecular complexity index is 2130. The Labute approximate surface area is 291 Å². The molecule has 0 fully saturated rings. The van der Waals surface area contributed by atoms with E-state index in [1.807, 2.05) is 72.8 Å². The van der Waals surface area contributed by atoms with E-state index in [9.17, 15) is 9.59 Å². The van der Waals surface area contributed by atoms with Crippen molar-refractivity contribution in [3.8, 4) is 0 Å². The van der Waals surface area contributed by atoms with Crippen LogP contribution in [0.1, 0.15) is 41.1 Å². The van der Waals surface area contributed by atoms with E-state index in [4.69, 9.17) is 15.4 Å². The number of nitrogens with two attached hydrogens (primary N) is 1. The molecule has 1 amide bonds. The number of oxime groups is 2. The summed E-state index contributed by atoms with van der Waals surface area (Å²) in [6.45, 7) is 1.43. The van der Waals surface area contributed by atoms with E-state index in [1.165, 1.54) is 16.3 Å². The molecule has 6 rings (SSSR count). The molecule has 4 aromatic heterocycles. The number of carbonyl (C=O) groups is 2. The molecule has 258 valence electrons. The van der Waals surface area contributed by atoms with E-state index < -0.39 is 11.7 Å². The highest BCUT2D eigenvalue weighted by atomic mass is 16.6. The van der Waals surface area contributed by atoms with E-state index in [0.717, 1.165) is 11.1 Å². The SMILES string of the molecule is CC(=O)C(=O)Nc1cccc(CO/N=C(/c2ccccc2)c2nnnn2C)n1.Cn1nnnc1/C(=N\OCc1cccc(N)n1)c1ccccc1. The van der Waals surface area contributed by atoms with Crippen LogP contribution in [0, 0.1) is 0 Å². The van der Waals surface area contributed by atoms with Crippen molar-refractivity contribution in [3.63, 3.8) is 0 Å². The van der Waals surface area contributed by atoms with Gasteiger partial charge in [0.15, 0.2) is 24.6 Å². The highest BCUT2D eigenvalue weighted by Crippen LogP contribution is 2.12. The van der Waals surface area contributed by atoms with Crippen LogP contribution < -0.4 is 11.1 Å². The fourth-order valence-electron chi connectivity index (χ4n) is 4.24. The third-order valence-electron chi connectivity index (χ3n) is 6.69. The molecule has 51 heavy (non-hydrogen) atoms. The standard InChI is InChI=1S/C18H17N7O3.C15H15N7O/c1-12(26)18(27)20-15-10-6-9-14(19-15)11-28-22-16(13-7-4-3-5-8-13)17-21-23-24-25(17)2;1-22-15(18-20-21-22)14(11-6-3-2-4-7-11)19-23-10-12-8-5-9-13(16)17-12/h3-10H,11H2,1-2H3,(H,19,20,27);2-9H,10H2,1H3,(H2,16,17)/b22-16-;19-14-. The molecule has 0 unspecified atom stereocenters. The van der Waals surface area contributed by atoms with Gasteiger partial charge in [-0.2, -0.15) is 0 Å². The topological polar surface area (TPSA) is 228 Å². The fraction of sp³-hybridized carbons (Fsp3) is 0.152. The van der Waals surface area contributed by atoms with Crippen molar-refractivity contribution >= 4 is 34.7 Å². The van der Waals surface area contributed by atoms with E-state index in [-0.39, 0.29) is 19.0 Å². The summed E-state index contributed by atoms with van der Waals surface area (Å²) < 4.78 is 3.03. The van der Waals surface area contributed by atoms with Crippen LogP contribution in [-0.2, 0) is 46.6 Å². The summed E-state index contributed by atoms with van der Waals surface area (Å²) in [6, 6.07) is 29.3. The van der Waals surface area contributed by atoms with Gasteiger partial charge in [0.05, 0.1) is 11.4 Å². The van der Waals surface area contributed by atoms with Crippen LogP contribution in [-0.4, -0.2) is 73.5 Å². The minimum Gasteiger partial charge on any atom is -0.389 e. The number of Topliss-reactive ketones (excluding diaryl/α,β-unsaturated/α-hetero) is 1. The number of tetrazole rings is 2. The maximum absolute atomic E-state index is 11.5. The summed E-state index contributed by atoms with van der Waals surface area (Å²) in [5.41, 5.74) is 9.51. The molecule has 0 saturated heterocycles. The largest absolute Gasteiger partial charge is 0.389 e. The molecule has 0 atom stereocenters. The number of rotatable bonds is 12. The first-order valence-electron chi connectivity index (χ1n) is 15.2. The Hall–Kier alpha value is -7.24. The molecule has 0 saturated carbocycles. The quantitative estimate of drug-likeness (QED) is 0.107. The molecule has 0 aliphatic heterocycles. The Morgan fingerprint density at radius 3 is 1.63 bits per heavy atom. The van der Waals surface area contributed by atoms with Gasteiger partial charge in [0, 0.05) is 32.1 Å². The number of ketones is 1. The summed E-state index contributed by atoms with van der Waals surface area (Å²) in [7, 11) is 3.45. The molecule has 3 N–H and O–H groups in total. The molecule has 4 heterocycles. The first-order chi connectivity index (χ1) is 24.8. The van der Waals surface area contributed by atoms with Crippen LogP contribution >= 0.6 is 0 Å². The average molecular weight is 689 g/mol. The highest BCUT2D eigenvalue weighted by molar-refractivity contribution is 6.39. The predicted molar refractivity (Wildman–Crippen MR) is 184 cm³/mol. The summed E-state index contributed by atoms with van der Waals surface area (Å²) in [6.07, 6.45) is 0. The molecule has 0 aliphatic carbocycles. The first kappa shape index (κ1) is 35.1. The highest BCUT2D eigenvalue weighted by Gasteiger charge is 2.16. The molecule has 0 spiro atoms. The van der Waals surface area contributed by atoms with Crippen molar-refractivity contribution in [2.24, 2.45) is 24.4 Å². The lowest BCUT2D eigenvalue weighted by Gasteiger charge is -2.07. The van der Waals surface area contributed by atoms with Gasteiger partial charge in [-0.1, -0.05) is 83.1 Å². The molecular weight excluding hydrogens is 656 g/mol. The molecule has 0 bridgehead atoms. The van der Waals surface area contributed by atoms with Crippen LogP contribution in [0.4, 0.5) is 11.6 Å². The summed E-state index contributed by atoms with van der Waals surface area (Å²) in [5.74, 6) is 0.322. The third kappa shape index (κ3) is 9.89. The van der Waals surface area contributed by atoms with Crippen molar-refractivity contribution in [3.05, 3.63) is 131 Å². The van der Waals surface area contributed by atoms with Gasteiger partial charge in [0.2, 0.25) is 17.4 Å². The lowest BCUT2D eigenvalue weighted by molar-refractivity contribution is -0.133. The Balaban J connectivity index is 0.000000201. The number of hydrogen-bond acceptors (Lipinski definition) is 15. The number of nitrogen functional groups attached to an aromatic ring is 1. The maximum atomic E-state index is 11.5. The van der Waals surface area contributed by atoms with Gasteiger partial charge in [0.25, 0.3) is 5.91 Å². The van der Waals surface area contributed by atoms with Gasteiger partial charge in [-0.15, -0.1) is 10.2 Å². The Kier molecular flexibility index (Phi) is 11.9. The van der Waals surface area contributed by atoms with Gasteiger partial charge < -0.3 is 20.7 Å². The lowest BCUT2D eigenvalue weighted by Crippen LogP contribution is -2.20. The average Bonchev–Trinajstić information content (AvgIpc) is 3.77. The van der Waals surface area contributed by atoms with Gasteiger partial charge in [-0.05, 0) is 45.1 Å². The van der Waals surface area contributed by atoms with Gasteiger partial charge in [0.1, 0.15) is 11.6 Å². The molecule has 0 aliphatic rings. The van der Waals surface area contributed by atoms with E-state index in [1.54, 1.807) is 38.4 Å². The summed E-state index contributed by atoms with van der Waals surface area (Å²) in [5, 5.41) is 33.7. The van der Waals surface area contributed by atoms with E-state index >= 15 is 0 Å². The van der Waals surface area contributed by atoms with Crippen LogP contribution in [0.25, 0.3) is 0 Å². The number of benzene rings is 2. The van der Waals surface area contributed by atoms with Crippen LogP contribution in [0.3, 0.4) is 0 Å². The zero-order valence-electron chi connectivity index (χ0n) is 27.7. The van der Waals surface area contributed by atoms with Crippen molar-refractivity contribution in [2.75, 3.05) is 11.1 Å². The van der Waals surface area contributed by atoms with Crippen molar-refractivity contribution in [2.45, 2.75) is 20.1 Å². The number of amides is 1. The number of nitrogens with one attached hydrogen (secondary N) is 1. The molecule has 18 heteroatoms. The van der Waals surface area contributed by atoms with Crippen LogP contribution in [0.15, 0.2) is 107 Å². The fourth-order valence-corrected chi connectivity index (χ4v) is 4.24. The second-order valence-corrected chi connectivity index (χ2v) is 10.5. The van der Waals surface area contributed by atoms with Gasteiger partial charge in [-0.3, -0.25) is 9.59 Å². The van der Waals surface area contributed by atoms with Crippen molar-refractivity contribution in [1.82, 2.24) is 50.4 Å². The number of aryl methyl sites for hydroxylation is 2. The number of pyridine rings is 2. The normalized spacial score (nSPS) is 11.3. The third-order valence-corrected chi connectivity index (χ3v) is 6.69. The second kappa shape index (κ2) is 17.2. The number of hydrogen-bond donors (Lipinski definition) is 2. The molecule has 18 nitrogen and oxygen atoms in total. The number of nitrogens with zero attached hydrogens (tertiary/aromatic N) is 12. The summed E-state index contributed by atoms with van der Waals surface area (Å²) in [4.78, 5) is 41.8. The smallest absolute Gasteiger partial charge is 0.292 e. The van der Waals surface area contributed by atoms with Crippen LogP contribution in [0.5, 0.6) is 0 Å². The lowest BCUT2D eigenvalue weighted by atomic mass is 10.1. The summed E-state index contributed by atoms with van der Waals surface area (Å²) >= 11 is 0. The van der Waals surface area contributed by atoms with Crippen molar-refractivity contribution < 1.29 is 19.3 Å². The Morgan fingerprint density at radius 2 is 1.18 bits per heavy atom. The zero-order valence-corrected chi connectivity index (χ0v) is 27.7. The molecule has 2 aromatic carbocycles. The van der Waals surface area contributed by atoms with Crippen molar-refractivity contribution in [1.29, 1.82) is 0 Å². The van der Waals surface area contributed by atoms with E-state index in [2.05, 4.69) is 56.6 Å². The Morgan fingerprint density at radius 1 is 0.686 bits per heavy atom. The number of anilines is 2. The van der Waals surface area contributed by atoms with Gasteiger partial charge >= 0.3 is 0 Å². The first-order valence-corrected chi connectivity index (χ1v) is 15.2. The maximum Gasteiger partial charge on any atom is 0.292 e. The molecule has 0 radical (unpaired) electrons. The van der Waals surface area contributed by atoms with E-state index in [0.29, 0.717) is 40.3 Å². The minimum atomic E-state index is -0.732. The monoisotopic (exact) mass is 688 g/mol. The minimum absolute atomic E-state index is 0.0470. The predicted octanol–water partition coefficient (Wildman–Crippen LogP) is 2.26. The van der Waals surface area contributed by atoms with Crippen LogP contribution in [0.2, 0.25) is 0 Å².